The van der Waals surface area contributed by atoms with Crippen LogP contribution in [0, 0.1) is 11.8 Å². The molecule has 1 aromatic carbocycles. The molecular weight excluding hydrogens is 352 g/mol. The van der Waals surface area contributed by atoms with Crippen LogP contribution in [0.4, 0.5) is 9.93 Å². The van der Waals surface area contributed by atoms with Crippen molar-refractivity contribution in [3.63, 3.8) is 0 Å². The van der Waals surface area contributed by atoms with Gasteiger partial charge in [0.05, 0.1) is 11.2 Å². The Labute approximate surface area is 155 Å². The Morgan fingerprint density at radius 1 is 1.38 bits per heavy atom. The number of oxazole rings is 1. The Hall–Kier alpha value is -2.79. The van der Waals surface area contributed by atoms with Crippen molar-refractivity contribution in [1.82, 2.24) is 15.3 Å². The molecule has 7 nitrogen and oxygen atoms in total. The summed E-state index contributed by atoms with van der Waals surface area (Å²) in [4.78, 5) is 20.6. The lowest BCUT2D eigenvalue weighted by Crippen LogP contribution is -2.39. The van der Waals surface area contributed by atoms with E-state index in [1.807, 2.05) is 32.9 Å². The first kappa shape index (κ1) is 18.0. The van der Waals surface area contributed by atoms with E-state index < -0.39 is 11.7 Å². The van der Waals surface area contributed by atoms with Crippen LogP contribution in [0.25, 0.3) is 21.3 Å². The summed E-state index contributed by atoms with van der Waals surface area (Å²) in [7, 11) is 0. The first-order valence-electron chi connectivity index (χ1n) is 8.14. The van der Waals surface area contributed by atoms with Gasteiger partial charge in [-0.2, -0.15) is 0 Å². The lowest BCUT2D eigenvalue weighted by Gasteiger charge is -2.20. The number of ether oxygens (including phenoxy) is 1. The molecule has 0 spiro atoms. The van der Waals surface area contributed by atoms with Crippen LogP contribution in [0.2, 0.25) is 0 Å². The molecule has 0 aliphatic carbocycles. The molecule has 0 aliphatic heterocycles. The second-order valence-corrected chi connectivity index (χ2v) is 7.64. The largest absolute Gasteiger partial charge is 0.444 e. The van der Waals surface area contributed by atoms with Gasteiger partial charge in [0, 0.05) is 0 Å². The van der Waals surface area contributed by atoms with Crippen molar-refractivity contribution in [2.75, 3.05) is 11.9 Å². The predicted octanol–water partition coefficient (Wildman–Crippen LogP) is 3.77. The number of carbonyl (C=O) groups is 1. The third-order valence-corrected chi connectivity index (χ3v) is 4.28. The zero-order valence-electron chi connectivity index (χ0n) is 15.0. The number of aromatic nitrogens is 2. The zero-order valence-corrected chi connectivity index (χ0v) is 15.9. The minimum Gasteiger partial charge on any atom is -0.444 e. The molecule has 1 atom stereocenters. The van der Waals surface area contributed by atoms with E-state index in [0.29, 0.717) is 17.3 Å². The summed E-state index contributed by atoms with van der Waals surface area (Å²) in [5.74, 6) is 5.89. The third kappa shape index (κ3) is 4.24. The Morgan fingerprint density at radius 3 is 2.92 bits per heavy atom. The van der Waals surface area contributed by atoms with Gasteiger partial charge in [0.25, 0.3) is 0 Å². The van der Waals surface area contributed by atoms with Crippen molar-refractivity contribution in [2.24, 2.45) is 0 Å². The van der Waals surface area contributed by atoms with E-state index in [9.17, 15) is 4.79 Å². The maximum absolute atomic E-state index is 11.8. The lowest BCUT2D eigenvalue weighted by atomic mass is 10.2. The van der Waals surface area contributed by atoms with E-state index >= 15 is 0 Å². The van der Waals surface area contributed by atoms with Crippen molar-refractivity contribution in [2.45, 2.75) is 39.3 Å². The third-order valence-electron chi connectivity index (χ3n) is 3.32. The van der Waals surface area contributed by atoms with Crippen molar-refractivity contribution in [1.29, 1.82) is 0 Å². The molecule has 8 heteroatoms. The van der Waals surface area contributed by atoms with Crippen molar-refractivity contribution in [3.05, 3.63) is 18.5 Å². The van der Waals surface area contributed by atoms with Gasteiger partial charge in [0.1, 0.15) is 22.7 Å². The van der Waals surface area contributed by atoms with Crippen molar-refractivity contribution < 1.29 is 13.9 Å². The Morgan fingerprint density at radius 2 is 2.19 bits per heavy atom. The number of nitrogens with zero attached hydrogens (tertiary/aromatic N) is 2. The molecule has 0 saturated carbocycles. The number of rotatable bonds is 4. The molecule has 0 unspecified atom stereocenters. The van der Waals surface area contributed by atoms with E-state index in [-0.39, 0.29) is 6.04 Å². The number of alkyl carbamates (subject to hydrolysis) is 1. The summed E-state index contributed by atoms with van der Waals surface area (Å²) in [6.07, 6.45) is 0.933. The molecule has 1 amide bonds. The van der Waals surface area contributed by atoms with Gasteiger partial charge in [-0.1, -0.05) is 17.3 Å². The molecule has 136 valence electrons. The minimum atomic E-state index is -0.542. The highest BCUT2D eigenvalue weighted by atomic mass is 32.1. The van der Waals surface area contributed by atoms with Gasteiger partial charge in [0.2, 0.25) is 0 Å². The number of anilines is 1. The maximum atomic E-state index is 11.8. The maximum Gasteiger partial charge on any atom is 0.407 e. The lowest BCUT2D eigenvalue weighted by molar-refractivity contribution is 0.0528. The summed E-state index contributed by atoms with van der Waals surface area (Å²) < 4.78 is 11.6. The van der Waals surface area contributed by atoms with Crippen LogP contribution >= 0.6 is 11.3 Å². The fraction of sp³-hybridized carbons (Fsp3) is 0.389. The van der Waals surface area contributed by atoms with Crippen LogP contribution in [-0.4, -0.2) is 34.2 Å². The number of carbonyl (C=O) groups excluding carboxylic acids is 1. The van der Waals surface area contributed by atoms with Crippen LogP contribution in [-0.2, 0) is 4.74 Å². The van der Waals surface area contributed by atoms with E-state index in [1.165, 1.54) is 17.7 Å². The van der Waals surface area contributed by atoms with E-state index in [2.05, 4.69) is 32.4 Å². The van der Waals surface area contributed by atoms with Gasteiger partial charge in [0.15, 0.2) is 17.1 Å². The SMILES string of the molecule is CC#C[C@H](CNC(=O)OC(C)(C)C)Nc1nc2c(ccc3ocnc32)s1. The number of fused-ring (bicyclic) bond motifs is 3. The van der Waals surface area contributed by atoms with Crippen LogP contribution in [0.3, 0.4) is 0 Å². The Balaban J connectivity index is 1.72. The second-order valence-electron chi connectivity index (χ2n) is 6.60. The van der Waals surface area contributed by atoms with E-state index in [0.717, 1.165) is 15.7 Å². The summed E-state index contributed by atoms with van der Waals surface area (Å²) >= 11 is 1.50. The Bertz CT molecular complexity index is 991. The van der Waals surface area contributed by atoms with Crippen LogP contribution in [0.5, 0.6) is 0 Å². The van der Waals surface area contributed by atoms with Crippen LogP contribution < -0.4 is 10.6 Å². The average Bonchev–Trinajstić information content (AvgIpc) is 3.16. The van der Waals surface area contributed by atoms with Gasteiger partial charge in [-0.05, 0) is 39.8 Å². The summed E-state index contributed by atoms with van der Waals surface area (Å²) in [5.41, 5.74) is 1.68. The molecule has 2 aromatic heterocycles. The molecule has 0 radical (unpaired) electrons. The molecule has 0 bridgehead atoms. The van der Waals surface area contributed by atoms with Gasteiger partial charge in [-0.25, -0.2) is 14.8 Å². The van der Waals surface area contributed by atoms with Gasteiger partial charge in [-0.15, -0.1) is 5.92 Å². The van der Waals surface area contributed by atoms with Gasteiger partial charge >= 0.3 is 6.09 Å². The van der Waals surface area contributed by atoms with E-state index in [4.69, 9.17) is 9.15 Å². The molecular formula is C18H20N4O3S. The van der Waals surface area contributed by atoms with Crippen LogP contribution in [0.1, 0.15) is 27.7 Å². The summed E-state index contributed by atoms with van der Waals surface area (Å²) in [6, 6.07) is 3.53. The number of hydrogen-bond donors (Lipinski definition) is 2. The number of hydrogen-bond acceptors (Lipinski definition) is 7. The van der Waals surface area contributed by atoms with Crippen molar-refractivity contribution in [3.8, 4) is 11.8 Å². The normalized spacial score (nSPS) is 12.5. The number of amides is 1. The fourth-order valence-electron chi connectivity index (χ4n) is 2.34. The number of thiazole rings is 1. The number of nitrogens with one attached hydrogen (secondary N) is 2. The minimum absolute atomic E-state index is 0.291. The average molecular weight is 372 g/mol. The molecule has 2 N–H and O–H groups in total. The fourth-order valence-corrected chi connectivity index (χ4v) is 3.26. The number of benzene rings is 1. The molecule has 0 fully saturated rings. The summed E-state index contributed by atoms with van der Waals surface area (Å²) in [6.45, 7) is 7.50. The predicted molar refractivity (Wildman–Crippen MR) is 102 cm³/mol. The highest BCUT2D eigenvalue weighted by Gasteiger charge is 2.18. The molecule has 26 heavy (non-hydrogen) atoms. The summed E-state index contributed by atoms with van der Waals surface area (Å²) in [5, 5.41) is 6.68. The highest BCUT2D eigenvalue weighted by Crippen LogP contribution is 2.31. The van der Waals surface area contributed by atoms with Crippen molar-refractivity contribution >= 4 is 43.9 Å². The molecule has 2 heterocycles. The topological polar surface area (TPSA) is 89.3 Å². The van der Waals surface area contributed by atoms with Gasteiger partial charge in [-0.3, -0.25) is 0 Å². The first-order valence-corrected chi connectivity index (χ1v) is 8.96. The molecule has 0 aliphatic rings. The molecule has 3 rings (SSSR count). The quantitative estimate of drug-likeness (QED) is 0.678. The Kier molecular flexibility index (Phi) is 5.00. The molecule has 3 aromatic rings. The zero-order chi connectivity index (χ0) is 18.7. The second kappa shape index (κ2) is 7.22. The van der Waals surface area contributed by atoms with Gasteiger partial charge < -0.3 is 19.8 Å². The smallest absolute Gasteiger partial charge is 0.407 e. The van der Waals surface area contributed by atoms with Crippen LogP contribution in [0.15, 0.2) is 22.9 Å². The monoisotopic (exact) mass is 372 g/mol. The highest BCUT2D eigenvalue weighted by molar-refractivity contribution is 7.22. The first-order chi connectivity index (χ1) is 12.4. The molecule has 0 saturated heterocycles. The standard InChI is InChI=1S/C18H20N4O3S/c1-5-6-11(9-19-17(23)25-18(2,3)4)21-16-22-15-13(26-16)8-7-12-14(15)20-10-24-12/h7-8,10-11H,9H2,1-4H3,(H,19,23)(H,21,22)/t11-/m1/s1. The van der Waals surface area contributed by atoms with E-state index in [1.54, 1.807) is 6.92 Å².